The van der Waals surface area contributed by atoms with Crippen LogP contribution in [0.3, 0.4) is 0 Å². The molecule has 1 unspecified atom stereocenters. The van der Waals surface area contributed by atoms with Crippen LogP contribution in [0.1, 0.15) is 24.2 Å². The molecule has 1 atom stereocenters. The van der Waals surface area contributed by atoms with Crippen LogP contribution in [-0.2, 0) is 4.79 Å². The highest BCUT2D eigenvalue weighted by atomic mass is 79.9. The lowest BCUT2D eigenvalue weighted by atomic mass is 10.1. The number of piperazine rings is 1. The van der Waals surface area contributed by atoms with E-state index in [1.165, 1.54) is 0 Å². The van der Waals surface area contributed by atoms with Crippen molar-refractivity contribution >= 4 is 39.0 Å². The minimum absolute atomic E-state index is 0.0107. The molecule has 6 heteroatoms. The normalized spacial score (nSPS) is 16.0. The van der Waals surface area contributed by atoms with Crippen LogP contribution in [0.5, 0.6) is 0 Å². The number of ketones is 1. The van der Waals surface area contributed by atoms with Crippen LogP contribution in [0.4, 0.5) is 11.4 Å². The number of hydrogen-bond acceptors (Lipinski definition) is 4. The van der Waals surface area contributed by atoms with Crippen LogP contribution < -0.4 is 10.2 Å². The first-order valence-corrected chi connectivity index (χ1v) is 9.90. The van der Waals surface area contributed by atoms with Gasteiger partial charge in [-0.3, -0.25) is 14.5 Å². The van der Waals surface area contributed by atoms with Gasteiger partial charge in [0.2, 0.25) is 5.91 Å². The molecule has 0 radical (unpaired) electrons. The number of carbonyl (C=O) groups excluding carboxylic acids is 2. The molecule has 5 nitrogen and oxygen atoms in total. The second-order valence-electron chi connectivity index (χ2n) is 6.80. The molecule has 1 amide bonds. The monoisotopic (exact) mass is 429 g/mol. The van der Waals surface area contributed by atoms with Crippen molar-refractivity contribution in [2.24, 2.45) is 0 Å². The Morgan fingerprint density at radius 2 is 1.56 bits per heavy atom. The van der Waals surface area contributed by atoms with Crippen molar-refractivity contribution in [1.82, 2.24) is 4.90 Å². The number of benzene rings is 2. The Bertz CT molecular complexity index is 797. The lowest BCUT2D eigenvalue weighted by Crippen LogP contribution is -2.52. The van der Waals surface area contributed by atoms with Crippen molar-refractivity contribution < 1.29 is 9.59 Å². The highest BCUT2D eigenvalue weighted by molar-refractivity contribution is 9.10. The number of anilines is 2. The molecule has 0 bridgehead atoms. The van der Waals surface area contributed by atoms with Gasteiger partial charge in [-0.25, -0.2) is 0 Å². The summed E-state index contributed by atoms with van der Waals surface area (Å²) in [5.41, 5.74) is 2.65. The van der Waals surface area contributed by atoms with E-state index < -0.39 is 0 Å². The summed E-state index contributed by atoms with van der Waals surface area (Å²) in [5.74, 6) is 0.0913. The first-order valence-electron chi connectivity index (χ1n) is 9.10. The average Bonchev–Trinajstić information content (AvgIpc) is 2.69. The number of hydrogen-bond donors (Lipinski definition) is 1. The summed E-state index contributed by atoms with van der Waals surface area (Å²) in [5, 5.41) is 2.98. The van der Waals surface area contributed by atoms with Crippen LogP contribution in [-0.4, -0.2) is 48.8 Å². The molecule has 1 aliphatic rings. The summed E-state index contributed by atoms with van der Waals surface area (Å²) in [4.78, 5) is 28.4. The van der Waals surface area contributed by atoms with Gasteiger partial charge in [-0.05, 0) is 62.4 Å². The van der Waals surface area contributed by atoms with Crippen LogP contribution in [0.2, 0.25) is 0 Å². The molecule has 1 fully saturated rings. The Balaban J connectivity index is 1.53. The number of halogens is 1. The number of rotatable bonds is 5. The zero-order valence-electron chi connectivity index (χ0n) is 15.6. The van der Waals surface area contributed by atoms with Gasteiger partial charge in [-0.1, -0.05) is 15.9 Å². The van der Waals surface area contributed by atoms with Gasteiger partial charge in [-0.2, -0.15) is 0 Å². The molecule has 1 heterocycles. The topological polar surface area (TPSA) is 52.7 Å². The molecule has 2 aromatic rings. The van der Waals surface area contributed by atoms with Gasteiger partial charge < -0.3 is 10.2 Å². The fourth-order valence-corrected chi connectivity index (χ4v) is 3.48. The predicted octanol–water partition coefficient (Wildman–Crippen LogP) is 3.80. The van der Waals surface area contributed by atoms with E-state index in [0.717, 1.165) is 47.6 Å². The summed E-state index contributed by atoms with van der Waals surface area (Å²) in [6, 6.07) is 15.2. The SMILES string of the molecule is CC(=O)c1ccc(N2CCN(C(C)C(=O)Nc3ccc(Br)cc3)CC2)cc1. The Kier molecular flexibility index (Phi) is 6.29. The highest BCUT2D eigenvalue weighted by Crippen LogP contribution is 2.19. The minimum Gasteiger partial charge on any atom is -0.369 e. The van der Waals surface area contributed by atoms with Crippen molar-refractivity contribution in [3.63, 3.8) is 0 Å². The number of nitrogens with one attached hydrogen (secondary N) is 1. The number of Topliss-reactive ketones (excluding diaryl/α,β-unsaturated/α-hetero) is 1. The Morgan fingerprint density at radius 3 is 2.11 bits per heavy atom. The first-order chi connectivity index (χ1) is 12.9. The third kappa shape index (κ3) is 4.96. The van der Waals surface area contributed by atoms with E-state index in [2.05, 4.69) is 31.0 Å². The molecule has 3 rings (SSSR count). The van der Waals surface area contributed by atoms with E-state index in [1.54, 1.807) is 6.92 Å². The predicted molar refractivity (Wildman–Crippen MR) is 112 cm³/mol. The largest absolute Gasteiger partial charge is 0.369 e. The number of nitrogens with zero attached hydrogens (tertiary/aromatic N) is 2. The molecule has 0 spiro atoms. The minimum atomic E-state index is -0.184. The quantitative estimate of drug-likeness (QED) is 0.734. The summed E-state index contributed by atoms with van der Waals surface area (Å²) in [6.07, 6.45) is 0. The van der Waals surface area contributed by atoms with Gasteiger partial charge in [0.15, 0.2) is 5.78 Å². The van der Waals surface area contributed by atoms with Gasteiger partial charge in [0.1, 0.15) is 0 Å². The van der Waals surface area contributed by atoms with E-state index >= 15 is 0 Å². The molecular weight excluding hydrogens is 406 g/mol. The van der Waals surface area contributed by atoms with Gasteiger partial charge in [0.05, 0.1) is 6.04 Å². The Labute approximate surface area is 168 Å². The smallest absolute Gasteiger partial charge is 0.241 e. The molecule has 0 aliphatic carbocycles. The maximum absolute atomic E-state index is 12.5. The maximum Gasteiger partial charge on any atom is 0.241 e. The van der Waals surface area contributed by atoms with Crippen LogP contribution in [0, 0.1) is 0 Å². The fraction of sp³-hybridized carbons (Fsp3) is 0.333. The summed E-state index contributed by atoms with van der Waals surface area (Å²) >= 11 is 3.40. The maximum atomic E-state index is 12.5. The molecule has 1 N–H and O–H groups in total. The van der Waals surface area contributed by atoms with Crippen LogP contribution in [0.25, 0.3) is 0 Å². The molecule has 1 saturated heterocycles. The van der Waals surface area contributed by atoms with Crippen molar-refractivity contribution in [2.75, 3.05) is 36.4 Å². The van der Waals surface area contributed by atoms with E-state index in [0.29, 0.717) is 0 Å². The van der Waals surface area contributed by atoms with E-state index in [4.69, 9.17) is 0 Å². The van der Waals surface area contributed by atoms with Crippen molar-refractivity contribution in [1.29, 1.82) is 0 Å². The van der Waals surface area contributed by atoms with Crippen molar-refractivity contribution in [3.05, 3.63) is 58.6 Å². The van der Waals surface area contributed by atoms with Gasteiger partial charge in [0.25, 0.3) is 0 Å². The molecule has 142 valence electrons. The lowest BCUT2D eigenvalue weighted by Gasteiger charge is -2.38. The van der Waals surface area contributed by atoms with Gasteiger partial charge in [0, 0.05) is 47.6 Å². The molecule has 0 aromatic heterocycles. The van der Waals surface area contributed by atoms with Crippen molar-refractivity contribution in [3.8, 4) is 0 Å². The standard InChI is InChI=1S/C21H24BrN3O2/c1-15(21(27)23-19-7-5-18(22)6-8-19)24-11-13-25(14-12-24)20-9-3-17(4-10-20)16(2)26/h3-10,15H,11-14H2,1-2H3,(H,23,27). The lowest BCUT2D eigenvalue weighted by molar-refractivity contribution is -0.120. The average molecular weight is 430 g/mol. The molecule has 0 saturated carbocycles. The molecule has 2 aromatic carbocycles. The second kappa shape index (κ2) is 8.67. The van der Waals surface area contributed by atoms with E-state index in [1.807, 2.05) is 55.5 Å². The van der Waals surface area contributed by atoms with Gasteiger partial charge >= 0.3 is 0 Å². The summed E-state index contributed by atoms with van der Waals surface area (Å²) in [7, 11) is 0. The zero-order chi connectivity index (χ0) is 19.4. The highest BCUT2D eigenvalue weighted by Gasteiger charge is 2.25. The summed E-state index contributed by atoms with van der Waals surface area (Å²) < 4.78 is 0.987. The fourth-order valence-electron chi connectivity index (χ4n) is 3.22. The first kappa shape index (κ1) is 19.6. The summed E-state index contributed by atoms with van der Waals surface area (Å²) in [6.45, 7) is 6.89. The Hall–Kier alpha value is -2.18. The zero-order valence-corrected chi connectivity index (χ0v) is 17.2. The van der Waals surface area contributed by atoms with Crippen LogP contribution in [0.15, 0.2) is 53.0 Å². The molecule has 1 aliphatic heterocycles. The Morgan fingerprint density at radius 1 is 0.963 bits per heavy atom. The third-order valence-electron chi connectivity index (χ3n) is 4.99. The third-order valence-corrected chi connectivity index (χ3v) is 5.52. The number of carbonyl (C=O) groups is 2. The van der Waals surface area contributed by atoms with Crippen LogP contribution >= 0.6 is 15.9 Å². The number of amides is 1. The molecule has 27 heavy (non-hydrogen) atoms. The van der Waals surface area contributed by atoms with E-state index in [9.17, 15) is 9.59 Å². The van der Waals surface area contributed by atoms with Crippen molar-refractivity contribution in [2.45, 2.75) is 19.9 Å². The second-order valence-corrected chi connectivity index (χ2v) is 7.71. The molecular formula is C21H24BrN3O2. The van der Waals surface area contributed by atoms with E-state index in [-0.39, 0.29) is 17.7 Å². The van der Waals surface area contributed by atoms with Gasteiger partial charge in [-0.15, -0.1) is 0 Å².